The SMILES string of the molecule is COc1ccccc1C(=O)NCC(c1ccc2c(c1)CCN2C)N1CCN(C)CC1. The lowest BCUT2D eigenvalue weighted by Crippen LogP contribution is -2.48. The van der Waals surface area contributed by atoms with Crippen LogP contribution in [-0.4, -0.2) is 76.2 Å². The Labute approximate surface area is 179 Å². The zero-order valence-electron chi connectivity index (χ0n) is 18.2. The minimum atomic E-state index is -0.0903. The first-order valence-corrected chi connectivity index (χ1v) is 10.7. The van der Waals surface area contributed by atoms with Crippen LogP contribution in [0.15, 0.2) is 42.5 Å². The lowest BCUT2D eigenvalue weighted by Gasteiger charge is -2.38. The summed E-state index contributed by atoms with van der Waals surface area (Å²) in [5, 5.41) is 3.17. The molecule has 0 bridgehead atoms. The van der Waals surface area contributed by atoms with E-state index in [0.717, 1.165) is 39.1 Å². The Morgan fingerprint density at radius 1 is 1.07 bits per heavy atom. The molecule has 2 aliphatic heterocycles. The lowest BCUT2D eigenvalue weighted by atomic mass is 10.00. The molecule has 0 saturated carbocycles. The van der Waals surface area contributed by atoms with Crippen molar-refractivity contribution in [2.24, 2.45) is 0 Å². The number of fused-ring (bicyclic) bond motifs is 1. The van der Waals surface area contributed by atoms with Crippen molar-refractivity contribution in [2.45, 2.75) is 12.5 Å². The molecule has 0 radical (unpaired) electrons. The minimum Gasteiger partial charge on any atom is -0.496 e. The van der Waals surface area contributed by atoms with Crippen LogP contribution in [0.4, 0.5) is 5.69 Å². The van der Waals surface area contributed by atoms with Crippen molar-refractivity contribution >= 4 is 11.6 Å². The number of hydrogen-bond donors (Lipinski definition) is 1. The smallest absolute Gasteiger partial charge is 0.255 e. The highest BCUT2D eigenvalue weighted by Gasteiger charge is 2.26. The number of methoxy groups -OCH3 is 1. The minimum absolute atomic E-state index is 0.0903. The van der Waals surface area contributed by atoms with E-state index in [4.69, 9.17) is 4.74 Å². The van der Waals surface area contributed by atoms with Gasteiger partial charge in [0.25, 0.3) is 5.91 Å². The predicted molar refractivity (Wildman–Crippen MR) is 121 cm³/mol. The van der Waals surface area contributed by atoms with E-state index < -0.39 is 0 Å². The van der Waals surface area contributed by atoms with Crippen LogP contribution < -0.4 is 15.0 Å². The molecule has 1 saturated heterocycles. The van der Waals surface area contributed by atoms with E-state index in [-0.39, 0.29) is 11.9 Å². The van der Waals surface area contributed by atoms with Crippen LogP contribution in [0.2, 0.25) is 0 Å². The van der Waals surface area contributed by atoms with Gasteiger partial charge in [-0.3, -0.25) is 9.69 Å². The molecule has 160 valence electrons. The Balaban J connectivity index is 1.54. The summed E-state index contributed by atoms with van der Waals surface area (Å²) in [5.74, 6) is 0.513. The number of hydrogen-bond acceptors (Lipinski definition) is 5. The third kappa shape index (κ3) is 4.30. The average molecular weight is 409 g/mol. The van der Waals surface area contributed by atoms with Gasteiger partial charge in [-0.25, -0.2) is 0 Å². The molecule has 0 spiro atoms. The highest BCUT2D eigenvalue weighted by atomic mass is 16.5. The van der Waals surface area contributed by atoms with Crippen LogP contribution in [0.1, 0.15) is 27.5 Å². The van der Waals surface area contributed by atoms with Gasteiger partial charge < -0.3 is 19.9 Å². The Kier molecular flexibility index (Phi) is 6.25. The number of amides is 1. The van der Waals surface area contributed by atoms with Crippen molar-refractivity contribution in [3.63, 3.8) is 0 Å². The molecule has 0 aromatic heterocycles. The number of likely N-dealkylation sites (N-methyl/N-ethyl adjacent to an activating group) is 2. The molecule has 4 rings (SSSR count). The van der Waals surface area contributed by atoms with Crippen LogP contribution in [0.3, 0.4) is 0 Å². The number of nitrogens with zero attached hydrogens (tertiary/aromatic N) is 3. The van der Waals surface area contributed by atoms with Gasteiger partial charge in [-0.2, -0.15) is 0 Å². The number of benzene rings is 2. The summed E-state index contributed by atoms with van der Waals surface area (Å²) in [6.07, 6.45) is 1.09. The first-order chi connectivity index (χ1) is 14.6. The summed E-state index contributed by atoms with van der Waals surface area (Å²) in [4.78, 5) is 20.1. The highest BCUT2D eigenvalue weighted by molar-refractivity contribution is 5.96. The van der Waals surface area contributed by atoms with Gasteiger partial charge in [0.1, 0.15) is 5.75 Å². The number of piperazine rings is 1. The second-order valence-electron chi connectivity index (χ2n) is 8.33. The zero-order valence-corrected chi connectivity index (χ0v) is 18.2. The maximum Gasteiger partial charge on any atom is 0.255 e. The van der Waals surface area contributed by atoms with Crippen molar-refractivity contribution in [2.75, 3.05) is 65.4 Å². The standard InChI is InChI=1S/C24H32N4O2/c1-26-12-14-28(15-13-26)22(18-8-9-21-19(16-18)10-11-27(21)2)17-25-24(29)20-6-4-5-7-23(20)30-3/h4-9,16,22H,10-15,17H2,1-3H3,(H,25,29). The molecule has 2 aromatic rings. The van der Waals surface area contributed by atoms with Crippen LogP contribution in [-0.2, 0) is 6.42 Å². The number of carbonyl (C=O) groups excluding carboxylic acids is 1. The molecule has 1 unspecified atom stereocenters. The fourth-order valence-electron chi connectivity index (χ4n) is 4.50. The van der Waals surface area contributed by atoms with E-state index in [1.54, 1.807) is 7.11 Å². The van der Waals surface area contributed by atoms with E-state index in [9.17, 15) is 4.79 Å². The van der Waals surface area contributed by atoms with Gasteiger partial charge in [-0.15, -0.1) is 0 Å². The van der Waals surface area contributed by atoms with E-state index in [0.29, 0.717) is 17.9 Å². The topological polar surface area (TPSA) is 48.1 Å². The Bertz CT molecular complexity index is 893. The Morgan fingerprint density at radius 2 is 1.83 bits per heavy atom. The van der Waals surface area contributed by atoms with E-state index in [1.165, 1.54) is 16.8 Å². The maximum absolute atomic E-state index is 12.9. The van der Waals surface area contributed by atoms with Gasteiger partial charge in [0, 0.05) is 52.0 Å². The lowest BCUT2D eigenvalue weighted by molar-refractivity contribution is 0.0883. The van der Waals surface area contributed by atoms with Gasteiger partial charge >= 0.3 is 0 Å². The van der Waals surface area contributed by atoms with Crippen LogP contribution in [0.5, 0.6) is 5.75 Å². The zero-order chi connectivity index (χ0) is 21.1. The molecule has 1 atom stereocenters. The summed E-state index contributed by atoms with van der Waals surface area (Å²) in [6, 6.07) is 14.4. The number of anilines is 1. The molecule has 2 aromatic carbocycles. The van der Waals surface area contributed by atoms with Crippen molar-refractivity contribution in [1.82, 2.24) is 15.1 Å². The molecule has 1 amide bonds. The largest absolute Gasteiger partial charge is 0.496 e. The molecule has 30 heavy (non-hydrogen) atoms. The second-order valence-corrected chi connectivity index (χ2v) is 8.33. The predicted octanol–water partition coefficient (Wildman–Crippen LogP) is 2.41. The molecule has 6 heteroatoms. The van der Waals surface area contributed by atoms with Crippen molar-refractivity contribution in [1.29, 1.82) is 0 Å². The normalized spacial score (nSPS) is 18.2. The van der Waals surface area contributed by atoms with E-state index >= 15 is 0 Å². The number of carbonyl (C=O) groups is 1. The molecular weight excluding hydrogens is 376 g/mol. The number of para-hydroxylation sites is 1. The third-order valence-electron chi connectivity index (χ3n) is 6.40. The molecule has 2 heterocycles. The van der Waals surface area contributed by atoms with Gasteiger partial charge in [-0.05, 0) is 42.8 Å². The first kappa shape index (κ1) is 20.7. The average Bonchev–Trinajstić information content (AvgIpc) is 3.15. The monoisotopic (exact) mass is 408 g/mol. The van der Waals surface area contributed by atoms with Gasteiger partial charge in [-0.1, -0.05) is 24.3 Å². The third-order valence-corrected chi connectivity index (χ3v) is 6.40. The van der Waals surface area contributed by atoms with Gasteiger partial charge in [0.05, 0.1) is 18.7 Å². The molecule has 6 nitrogen and oxygen atoms in total. The summed E-state index contributed by atoms with van der Waals surface area (Å²) >= 11 is 0. The number of nitrogens with one attached hydrogen (secondary N) is 1. The summed E-state index contributed by atoms with van der Waals surface area (Å²) in [6.45, 7) is 5.75. The molecule has 0 aliphatic carbocycles. The summed E-state index contributed by atoms with van der Waals surface area (Å²) < 4.78 is 5.37. The number of rotatable bonds is 6. The van der Waals surface area contributed by atoms with Gasteiger partial charge in [0.15, 0.2) is 0 Å². The van der Waals surface area contributed by atoms with Gasteiger partial charge in [0.2, 0.25) is 0 Å². The van der Waals surface area contributed by atoms with Crippen LogP contribution in [0, 0.1) is 0 Å². The summed E-state index contributed by atoms with van der Waals surface area (Å²) in [5.41, 5.74) is 4.60. The fraction of sp³-hybridized carbons (Fsp3) is 0.458. The quantitative estimate of drug-likeness (QED) is 0.796. The maximum atomic E-state index is 12.9. The molecule has 1 N–H and O–H groups in total. The fourth-order valence-corrected chi connectivity index (χ4v) is 4.50. The van der Waals surface area contributed by atoms with Crippen LogP contribution >= 0.6 is 0 Å². The number of ether oxygens (including phenoxy) is 1. The van der Waals surface area contributed by atoms with E-state index in [1.807, 2.05) is 24.3 Å². The molecular formula is C24H32N4O2. The van der Waals surface area contributed by atoms with Crippen molar-refractivity contribution in [3.05, 3.63) is 59.2 Å². The molecule has 2 aliphatic rings. The Morgan fingerprint density at radius 3 is 2.60 bits per heavy atom. The Hall–Kier alpha value is -2.57. The van der Waals surface area contributed by atoms with Crippen LogP contribution in [0.25, 0.3) is 0 Å². The van der Waals surface area contributed by atoms with Crippen molar-refractivity contribution in [3.8, 4) is 5.75 Å². The second kappa shape index (κ2) is 9.06. The van der Waals surface area contributed by atoms with Crippen molar-refractivity contribution < 1.29 is 9.53 Å². The van der Waals surface area contributed by atoms with E-state index in [2.05, 4.69) is 52.3 Å². The first-order valence-electron chi connectivity index (χ1n) is 10.7. The summed E-state index contributed by atoms with van der Waals surface area (Å²) in [7, 11) is 5.92. The molecule has 1 fully saturated rings. The highest BCUT2D eigenvalue weighted by Crippen LogP contribution is 2.31.